The number of hydrogen-bond donors (Lipinski definition) is 3. The zero-order chi connectivity index (χ0) is 14.7. The van der Waals surface area contributed by atoms with Gasteiger partial charge in [-0.1, -0.05) is 11.3 Å². The highest BCUT2D eigenvalue weighted by Gasteiger charge is 2.30. The number of aromatic nitrogens is 1. The third-order valence-electron chi connectivity index (χ3n) is 3.08. The van der Waals surface area contributed by atoms with Crippen molar-refractivity contribution in [3.05, 3.63) is 10.6 Å². The molecule has 1 aliphatic rings. The van der Waals surface area contributed by atoms with Crippen molar-refractivity contribution in [3.8, 4) is 0 Å². The van der Waals surface area contributed by atoms with Gasteiger partial charge < -0.3 is 20.6 Å². The summed E-state index contributed by atoms with van der Waals surface area (Å²) in [5.74, 6) is -1.08. The molecule has 1 atom stereocenters. The van der Waals surface area contributed by atoms with Gasteiger partial charge in [0.05, 0.1) is 5.69 Å². The van der Waals surface area contributed by atoms with Crippen LogP contribution < -0.4 is 10.6 Å². The second-order valence-electron chi connectivity index (χ2n) is 4.56. The highest BCUT2D eigenvalue weighted by Crippen LogP contribution is 2.24. The zero-order valence-electron chi connectivity index (χ0n) is 11.5. The molecule has 1 saturated heterocycles. The third kappa shape index (κ3) is 3.07. The van der Waals surface area contributed by atoms with Crippen LogP contribution in [0, 0.1) is 6.92 Å². The number of rotatable bonds is 4. The average molecular weight is 298 g/mol. The summed E-state index contributed by atoms with van der Waals surface area (Å²) in [7, 11) is 0. The number of thiazole rings is 1. The Kier molecular flexibility index (Phi) is 4.56. The van der Waals surface area contributed by atoms with E-state index in [0.717, 1.165) is 11.7 Å². The van der Waals surface area contributed by atoms with E-state index in [2.05, 4.69) is 15.6 Å². The number of nitrogens with zero attached hydrogens (tertiary/aromatic N) is 2. The Bertz CT molecular complexity index is 517. The van der Waals surface area contributed by atoms with Crippen molar-refractivity contribution in [3.63, 3.8) is 0 Å². The molecule has 20 heavy (non-hydrogen) atoms. The number of carboxylic acids is 1. The number of anilines is 1. The van der Waals surface area contributed by atoms with Crippen molar-refractivity contribution >= 4 is 28.3 Å². The maximum atomic E-state index is 12.5. The first-order chi connectivity index (χ1) is 9.52. The van der Waals surface area contributed by atoms with E-state index in [1.54, 1.807) is 11.8 Å². The van der Waals surface area contributed by atoms with E-state index in [9.17, 15) is 9.59 Å². The Morgan fingerprint density at radius 3 is 3.00 bits per heavy atom. The summed E-state index contributed by atoms with van der Waals surface area (Å²) >= 11 is 1.31. The SMILES string of the molecule is CCNc1nc(C)c(C(=O)N2CCN[C@@H](C(=O)O)C2)s1. The molecule has 0 radical (unpaired) electrons. The van der Waals surface area contributed by atoms with Crippen molar-refractivity contribution in [1.29, 1.82) is 0 Å². The summed E-state index contributed by atoms with van der Waals surface area (Å²) in [5, 5.41) is 15.7. The largest absolute Gasteiger partial charge is 0.480 e. The first-order valence-electron chi connectivity index (χ1n) is 6.49. The first-order valence-corrected chi connectivity index (χ1v) is 7.31. The van der Waals surface area contributed by atoms with Gasteiger partial charge in [-0.15, -0.1) is 0 Å². The quantitative estimate of drug-likeness (QED) is 0.744. The standard InChI is InChI=1S/C12H18N4O3S/c1-3-13-12-15-7(2)9(20-12)10(17)16-5-4-14-8(6-16)11(18)19/h8,14H,3-6H2,1-2H3,(H,13,15)(H,18,19)/t8-/m1/s1. The Morgan fingerprint density at radius 2 is 2.35 bits per heavy atom. The van der Waals surface area contributed by atoms with Crippen LogP contribution in [0.5, 0.6) is 0 Å². The lowest BCUT2D eigenvalue weighted by molar-refractivity contribution is -0.140. The van der Waals surface area contributed by atoms with Gasteiger partial charge in [-0.05, 0) is 13.8 Å². The molecular weight excluding hydrogens is 280 g/mol. The van der Waals surface area contributed by atoms with Crippen LogP contribution >= 0.6 is 11.3 Å². The average Bonchev–Trinajstić information content (AvgIpc) is 2.79. The maximum absolute atomic E-state index is 12.5. The molecule has 0 bridgehead atoms. The predicted molar refractivity (Wildman–Crippen MR) is 76.3 cm³/mol. The summed E-state index contributed by atoms with van der Waals surface area (Å²) in [5.41, 5.74) is 0.682. The summed E-state index contributed by atoms with van der Waals surface area (Å²) in [4.78, 5) is 29.9. The monoisotopic (exact) mass is 298 g/mol. The molecule has 2 heterocycles. The Hall–Kier alpha value is -1.67. The molecule has 8 heteroatoms. The summed E-state index contributed by atoms with van der Waals surface area (Å²) in [6.45, 7) is 5.68. The van der Waals surface area contributed by atoms with Crippen molar-refractivity contribution in [1.82, 2.24) is 15.2 Å². The highest BCUT2D eigenvalue weighted by atomic mass is 32.1. The van der Waals surface area contributed by atoms with E-state index in [1.807, 2.05) is 6.92 Å². The lowest BCUT2D eigenvalue weighted by atomic mass is 10.2. The smallest absolute Gasteiger partial charge is 0.322 e. The lowest BCUT2D eigenvalue weighted by Gasteiger charge is -2.31. The van der Waals surface area contributed by atoms with Gasteiger partial charge in [-0.3, -0.25) is 9.59 Å². The minimum absolute atomic E-state index is 0.142. The summed E-state index contributed by atoms with van der Waals surface area (Å²) in [6, 6.07) is -0.700. The molecule has 1 amide bonds. The van der Waals surface area contributed by atoms with Crippen LogP contribution in [0.3, 0.4) is 0 Å². The Morgan fingerprint density at radius 1 is 1.60 bits per heavy atom. The predicted octanol–water partition coefficient (Wildman–Crippen LogP) is 0.382. The highest BCUT2D eigenvalue weighted by molar-refractivity contribution is 7.17. The molecule has 0 spiro atoms. The van der Waals surface area contributed by atoms with E-state index in [0.29, 0.717) is 23.7 Å². The van der Waals surface area contributed by atoms with Gasteiger partial charge >= 0.3 is 5.97 Å². The van der Waals surface area contributed by atoms with Gasteiger partial charge in [-0.2, -0.15) is 0 Å². The molecule has 1 aromatic heterocycles. The van der Waals surface area contributed by atoms with Gasteiger partial charge in [-0.25, -0.2) is 4.98 Å². The van der Waals surface area contributed by atoms with Crippen molar-refractivity contribution in [2.24, 2.45) is 0 Å². The second-order valence-corrected chi connectivity index (χ2v) is 5.56. The maximum Gasteiger partial charge on any atom is 0.322 e. The van der Waals surface area contributed by atoms with Gasteiger partial charge in [0.15, 0.2) is 5.13 Å². The molecule has 0 aromatic carbocycles. The van der Waals surface area contributed by atoms with Crippen LogP contribution in [-0.4, -0.2) is 59.1 Å². The molecular formula is C12H18N4O3S. The summed E-state index contributed by atoms with van der Waals surface area (Å²) < 4.78 is 0. The van der Waals surface area contributed by atoms with Gasteiger partial charge in [0.2, 0.25) is 0 Å². The summed E-state index contributed by atoms with van der Waals surface area (Å²) in [6.07, 6.45) is 0. The molecule has 1 fully saturated rings. The Balaban J connectivity index is 2.12. The van der Waals surface area contributed by atoms with Gasteiger partial charge in [0, 0.05) is 26.2 Å². The second kappa shape index (κ2) is 6.19. The number of carbonyl (C=O) groups is 2. The molecule has 0 unspecified atom stereocenters. The fourth-order valence-corrected chi connectivity index (χ4v) is 3.07. The molecule has 7 nitrogen and oxygen atoms in total. The number of amides is 1. The van der Waals surface area contributed by atoms with Crippen LogP contribution in [0.2, 0.25) is 0 Å². The lowest BCUT2D eigenvalue weighted by Crippen LogP contribution is -2.55. The van der Waals surface area contributed by atoms with E-state index in [-0.39, 0.29) is 12.5 Å². The minimum atomic E-state index is -0.933. The van der Waals surface area contributed by atoms with E-state index in [4.69, 9.17) is 5.11 Å². The molecule has 1 aromatic rings. The fraction of sp³-hybridized carbons (Fsp3) is 0.583. The number of aliphatic carboxylic acids is 1. The number of nitrogens with one attached hydrogen (secondary N) is 2. The van der Waals surface area contributed by atoms with Crippen LogP contribution in [0.15, 0.2) is 0 Å². The number of hydrogen-bond acceptors (Lipinski definition) is 6. The Labute approximate surface area is 121 Å². The minimum Gasteiger partial charge on any atom is -0.480 e. The number of aryl methyl sites for hydroxylation is 1. The zero-order valence-corrected chi connectivity index (χ0v) is 12.3. The molecule has 110 valence electrons. The van der Waals surface area contributed by atoms with Gasteiger partial charge in [0.25, 0.3) is 5.91 Å². The number of piperazine rings is 1. The molecule has 3 N–H and O–H groups in total. The molecule has 0 saturated carbocycles. The third-order valence-corrected chi connectivity index (χ3v) is 4.18. The molecule has 2 rings (SSSR count). The first kappa shape index (κ1) is 14.7. The van der Waals surface area contributed by atoms with Crippen molar-refractivity contribution < 1.29 is 14.7 Å². The number of carbonyl (C=O) groups excluding carboxylic acids is 1. The number of carboxylic acid groups (broad SMARTS) is 1. The van der Waals surface area contributed by atoms with Crippen LogP contribution in [0.25, 0.3) is 0 Å². The van der Waals surface area contributed by atoms with Gasteiger partial charge in [0.1, 0.15) is 10.9 Å². The van der Waals surface area contributed by atoms with E-state index < -0.39 is 12.0 Å². The fourth-order valence-electron chi connectivity index (χ4n) is 2.07. The van der Waals surface area contributed by atoms with E-state index in [1.165, 1.54) is 11.3 Å². The topological polar surface area (TPSA) is 94.6 Å². The van der Waals surface area contributed by atoms with Crippen molar-refractivity contribution in [2.75, 3.05) is 31.5 Å². The van der Waals surface area contributed by atoms with E-state index >= 15 is 0 Å². The molecule has 0 aliphatic carbocycles. The van der Waals surface area contributed by atoms with Crippen molar-refractivity contribution in [2.45, 2.75) is 19.9 Å². The molecule has 1 aliphatic heterocycles. The normalized spacial score (nSPS) is 18.9. The van der Waals surface area contributed by atoms with Crippen LogP contribution in [0.1, 0.15) is 22.3 Å². The van der Waals surface area contributed by atoms with Crippen LogP contribution in [-0.2, 0) is 4.79 Å². The van der Waals surface area contributed by atoms with Crippen LogP contribution in [0.4, 0.5) is 5.13 Å².